The van der Waals surface area contributed by atoms with Gasteiger partial charge in [-0.05, 0) is 32.0 Å². The number of anilines is 1. The number of aryl methyl sites for hydroxylation is 1. The number of nitrogens with two attached hydrogens (primary N) is 1. The fraction of sp³-hybridized carbons (Fsp3) is 0.583. The number of carbonyl (C=O) groups is 1. The van der Waals surface area contributed by atoms with Gasteiger partial charge in [-0.25, -0.2) is 10.8 Å². The van der Waals surface area contributed by atoms with Crippen LogP contribution in [-0.4, -0.2) is 22.0 Å². The molecule has 1 aromatic heterocycles. The van der Waals surface area contributed by atoms with Gasteiger partial charge in [0, 0.05) is 6.04 Å². The summed E-state index contributed by atoms with van der Waals surface area (Å²) in [6, 6.07) is 0.441. The number of carbonyl (C=O) groups excluding carboxylic acids is 1. The molecule has 0 aromatic carbocycles. The fourth-order valence-corrected chi connectivity index (χ4v) is 3.49. The Morgan fingerprint density at radius 1 is 1.40 bits per heavy atom. The number of aromatic nitrogens is 1. The van der Waals surface area contributed by atoms with Gasteiger partial charge in [-0.15, -0.1) is 0 Å². The number of thiocarbonyl (C=S) groups is 1. The minimum Gasteiger partial charge on any atom is -0.360 e. The maximum Gasteiger partial charge on any atom is 0.277 e. The van der Waals surface area contributed by atoms with Crippen molar-refractivity contribution in [2.24, 2.45) is 5.84 Å². The molecule has 1 fully saturated rings. The first-order valence-corrected chi connectivity index (χ1v) is 7.88. The second kappa shape index (κ2) is 6.96. The van der Waals surface area contributed by atoms with Crippen LogP contribution in [-0.2, 0) is 0 Å². The molecule has 1 heterocycles. The van der Waals surface area contributed by atoms with Crippen molar-refractivity contribution in [3.63, 3.8) is 0 Å². The Hall–Kier alpha value is -1.25. The molecule has 1 aliphatic carbocycles. The van der Waals surface area contributed by atoms with Crippen molar-refractivity contribution in [2.45, 2.75) is 45.1 Å². The van der Waals surface area contributed by atoms with Crippen LogP contribution < -0.4 is 21.9 Å². The van der Waals surface area contributed by atoms with E-state index in [2.05, 4.69) is 21.0 Å². The minimum atomic E-state index is -0.334. The van der Waals surface area contributed by atoms with E-state index in [1.165, 1.54) is 30.6 Å². The first-order chi connectivity index (χ1) is 9.60. The van der Waals surface area contributed by atoms with Crippen molar-refractivity contribution in [2.75, 3.05) is 5.32 Å². The van der Waals surface area contributed by atoms with Gasteiger partial charge in [-0.3, -0.25) is 10.2 Å². The van der Waals surface area contributed by atoms with E-state index in [1.807, 2.05) is 0 Å². The Morgan fingerprint density at radius 3 is 2.75 bits per heavy atom. The van der Waals surface area contributed by atoms with Gasteiger partial charge in [-0.1, -0.05) is 30.6 Å². The summed E-state index contributed by atoms with van der Waals surface area (Å²) in [5, 5.41) is 7.50. The van der Waals surface area contributed by atoms with Crippen LogP contribution in [0.25, 0.3) is 0 Å². The third-order valence-electron chi connectivity index (χ3n) is 3.29. The first kappa shape index (κ1) is 15.1. The molecule has 1 amide bonds. The molecule has 8 heteroatoms. The molecule has 2 rings (SSSR count). The van der Waals surface area contributed by atoms with Crippen LogP contribution in [0, 0.1) is 6.92 Å². The zero-order valence-corrected chi connectivity index (χ0v) is 13.0. The Labute approximate surface area is 127 Å². The van der Waals surface area contributed by atoms with Crippen LogP contribution in [0.3, 0.4) is 0 Å². The summed E-state index contributed by atoms with van der Waals surface area (Å²) >= 11 is 6.52. The van der Waals surface area contributed by atoms with Crippen molar-refractivity contribution in [1.82, 2.24) is 15.7 Å². The van der Waals surface area contributed by atoms with E-state index in [4.69, 9.17) is 18.1 Å². The molecule has 5 N–H and O–H groups in total. The Kier molecular flexibility index (Phi) is 5.27. The number of thiazole rings is 1. The zero-order valence-electron chi connectivity index (χ0n) is 11.4. The van der Waals surface area contributed by atoms with Crippen molar-refractivity contribution >= 4 is 39.7 Å². The quantitative estimate of drug-likeness (QED) is 0.294. The summed E-state index contributed by atoms with van der Waals surface area (Å²) < 4.78 is 0. The normalized spacial score (nSPS) is 15.7. The Balaban J connectivity index is 1.92. The van der Waals surface area contributed by atoms with Gasteiger partial charge < -0.3 is 10.6 Å². The molecule has 6 nitrogen and oxygen atoms in total. The first-order valence-electron chi connectivity index (χ1n) is 6.66. The van der Waals surface area contributed by atoms with Crippen LogP contribution >= 0.6 is 23.6 Å². The highest BCUT2D eigenvalue weighted by Crippen LogP contribution is 2.22. The third kappa shape index (κ3) is 3.87. The van der Waals surface area contributed by atoms with Crippen LogP contribution in [0.4, 0.5) is 5.13 Å². The lowest BCUT2D eigenvalue weighted by Crippen LogP contribution is -2.38. The fourth-order valence-electron chi connectivity index (χ4n) is 2.29. The molecule has 0 bridgehead atoms. The number of nitrogen functional groups attached to an aromatic ring is 1. The third-order valence-corrected chi connectivity index (χ3v) is 4.59. The molecule has 1 saturated carbocycles. The van der Waals surface area contributed by atoms with Crippen LogP contribution in [0.1, 0.15) is 47.5 Å². The summed E-state index contributed by atoms with van der Waals surface area (Å²) in [6.45, 7) is 1.77. The molecule has 0 radical (unpaired) electrons. The number of hydrazine groups is 1. The SMILES string of the molecule is Cc1nc(NC(=S)NC2CCCCC2)sc1C(=O)NN. The van der Waals surface area contributed by atoms with E-state index in [0.717, 1.165) is 12.8 Å². The highest BCUT2D eigenvalue weighted by molar-refractivity contribution is 7.80. The smallest absolute Gasteiger partial charge is 0.277 e. The molecule has 110 valence electrons. The molecule has 0 aliphatic heterocycles. The van der Waals surface area contributed by atoms with Gasteiger partial charge in [0.1, 0.15) is 4.88 Å². The number of hydrogen-bond acceptors (Lipinski definition) is 5. The highest BCUT2D eigenvalue weighted by Gasteiger charge is 2.17. The summed E-state index contributed by atoms with van der Waals surface area (Å²) in [5.74, 6) is 4.79. The summed E-state index contributed by atoms with van der Waals surface area (Å²) in [6.07, 6.45) is 6.11. The predicted molar refractivity (Wildman–Crippen MR) is 84.7 cm³/mol. The number of nitrogens with one attached hydrogen (secondary N) is 3. The second-order valence-electron chi connectivity index (χ2n) is 4.84. The number of hydrogen-bond donors (Lipinski definition) is 4. The van der Waals surface area contributed by atoms with Gasteiger partial charge in [-0.2, -0.15) is 0 Å². The maximum atomic E-state index is 11.5. The van der Waals surface area contributed by atoms with Gasteiger partial charge >= 0.3 is 0 Å². The number of rotatable bonds is 3. The van der Waals surface area contributed by atoms with Crippen molar-refractivity contribution in [3.8, 4) is 0 Å². The summed E-state index contributed by atoms with van der Waals surface area (Å²) in [7, 11) is 0. The largest absolute Gasteiger partial charge is 0.360 e. The van der Waals surface area contributed by atoms with E-state index in [1.54, 1.807) is 6.92 Å². The molecular weight excluding hydrogens is 294 g/mol. The second-order valence-corrected chi connectivity index (χ2v) is 6.25. The lowest BCUT2D eigenvalue weighted by molar-refractivity contribution is 0.0957. The topological polar surface area (TPSA) is 92.1 Å². The van der Waals surface area contributed by atoms with Gasteiger partial charge in [0.15, 0.2) is 10.2 Å². The van der Waals surface area contributed by atoms with Crippen LogP contribution in [0.15, 0.2) is 0 Å². The Bertz CT molecular complexity index is 496. The molecule has 20 heavy (non-hydrogen) atoms. The van der Waals surface area contributed by atoms with Crippen molar-refractivity contribution in [3.05, 3.63) is 10.6 Å². The van der Waals surface area contributed by atoms with E-state index in [9.17, 15) is 4.79 Å². The van der Waals surface area contributed by atoms with Crippen LogP contribution in [0.5, 0.6) is 0 Å². The van der Waals surface area contributed by atoms with Gasteiger partial charge in [0.25, 0.3) is 5.91 Å². The maximum absolute atomic E-state index is 11.5. The van der Waals surface area contributed by atoms with Gasteiger partial charge in [0.2, 0.25) is 0 Å². The molecule has 1 aromatic rings. The molecule has 0 spiro atoms. The molecular formula is C12H19N5OS2. The Morgan fingerprint density at radius 2 is 2.10 bits per heavy atom. The van der Waals surface area contributed by atoms with E-state index < -0.39 is 0 Å². The van der Waals surface area contributed by atoms with Crippen molar-refractivity contribution in [1.29, 1.82) is 0 Å². The standard InChI is InChI=1S/C12H19N5OS2/c1-7-9(10(18)17-13)20-12(14-7)16-11(19)15-8-5-3-2-4-6-8/h8H,2-6,13H2,1H3,(H,17,18)(H2,14,15,16,19). The van der Waals surface area contributed by atoms with Crippen LogP contribution in [0.2, 0.25) is 0 Å². The number of amides is 1. The van der Waals surface area contributed by atoms with E-state index in [0.29, 0.717) is 26.9 Å². The number of nitrogens with zero attached hydrogens (tertiary/aromatic N) is 1. The monoisotopic (exact) mass is 313 g/mol. The minimum absolute atomic E-state index is 0.334. The summed E-state index contributed by atoms with van der Waals surface area (Å²) in [4.78, 5) is 16.3. The lowest BCUT2D eigenvalue weighted by atomic mass is 9.96. The highest BCUT2D eigenvalue weighted by atomic mass is 32.1. The molecule has 0 saturated heterocycles. The summed E-state index contributed by atoms with van der Waals surface area (Å²) in [5.41, 5.74) is 2.75. The van der Waals surface area contributed by atoms with Crippen molar-refractivity contribution < 1.29 is 4.79 Å². The predicted octanol–water partition coefficient (Wildman–Crippen LogP) is 1.67. The molecule has 0 unspecified atom stereocenters. The molecule has 0 atom stereocenters. The average molecular weight is 313 g/mol. The molecule has 1 aliphatic rings. The van der Waals surface area contributed by atoms with E-state index >= 15 is 0 Å². The average Bonchev–Trinajstić information content (AvgIpc) is 2.79. The lowest BCUT2D eigenvalue weighted by Gasteiger charge is -2.23. The van der Waals surface area contributed by atoms with E-state index in [-0.39, 0.29) is 5.91 Å². The van der Waals surface area contributed by atoms with Gasteiger partial charge in [0.05, 0.1) is 5.69 Å². The zero-order chi connectivity index (χ0) is 14.5.